The fourth-order valence-corrected chi connectivity index (χ4v) is 4.96. The molecule has 5 nitrogen and oxygen atoms in total. The minimum Gasteiger partial charge on any atom is -0.319 e. The maximum absolute atomic E-state index is 14.1. The highest BCUT2D eigenvalue weighted by molar-refractivity contribution is 7.92. The SMILES string of the molecule is O=S(=O)(Nc1cccc(-c2nc3ccccc3n2Cc2ccccc2)c1)c1ccc(F)cc1F. The third kappa shape index (κ3) is 4.27. The molecule has 34 heavy (non-hydrogen) atoms. The van der Waals surface area contributed by atoms with Crippen molar-refractivity contribution in [2.75, 3.05) is 4.72 Å². The van der Waals surface area contributed by atoms with Gasteiger partial charge < -0.3 is 4.57 Å². The molecule has 0 amide bonds. The normalized spacial score (nSPS) is 11.6. The molecule has 0 saturated carbocycles. The van der Waals surface area contributed by atoms with Crippen LogP contribution in [0.5, 0.6) is 0 Å². The number of nitrogens with zero attached hydrogens (tertiary/aromatic N) is 2. The van der Waals surface area contributed by atoms with E-state index in [4.69, 9.17) is 4.98 Å². The first-order valence-corrected chi connectivity index (χ1v) is 12.0. The van der Waals surface area contributed by atoms with Crippen molar-refractivity contribution in [3.63, 3.8) is 0 Å². The molecule has 0 saturated heterocycles. The minimum atomic E-state index is -4.26. The molecule has 0 radical (unpaired) electrons. The van der Waals surface area contributed by atoms with Crippen molar-refractivity contribution in [1.82, 2.24) is 9.55 Å². The third-order valence-electron chi connectivity index (χ3n) is 5.39. The first-order chi connectivity index (χ1) is 16.4. The number of fused-ring (bicyclic) bond motifs is 1. The quantitative estimate of drug-likeness (QED) is 0.336. The van der Waals surface area contributed by atoms with E-state index in [9.17, 15) is 17.2 Å². The molecule has 8 heteroatoms. The lowest BCUT2D eigenvalue weighted by atomic mass is 10.1. The van der Waals surface area contributed by atoms with Crippen molar-refractivity contribution in [3.05, 3.63) is 114 Å². The summed E-state index contributed by atoms with van der Waals surface area (Å²) in [5, 5.41) is 0. The summed E-state index contributed by atoms with van der Waals surface area (Å²) < 4.78 is 57.2. The van der Waals surface area contributed by atoms with Gasteiger partial charge in [-0.2, -0.15) is 0 Å². The van der Waals surface area contributed by atoms with Gasteiger partial charge in [0.25, 0.3) is 10.0 Å². The Bertz CT molecular complexity index is 1600. The predicted molar refractivity (Wildman–Crippen MR) is 128 cm³/mol. The van der Waals surface area contributed by atoms with E-state index in [1.807, 2.05) is 60.7 Å². The van der Waals surface area contributed by atoms with Crippen molar-refractivity contribution < 1.29 is 17.2 Å². The van der Waals surface area contributed by atoms with Crippen LogP contribution in [-0.2, 0) is 16.6 Å². The molecule has 1 N–H and O–H groups in total. The number of imidazole rings is 1. The van der Waals surface area contributed by atoms with Gasteiger partial charge >= 0.3 is 0 Å². The van der Waals surface area contributed by atoms with Gasteiger partial charge in [0.15, 0.2) is 0 Å². The van der Waals surface area contributed by atoms with E-state index in [0.29, 0.717) is 24.0 Å². The Labute approximate surface area is 195 Å². The van der Waals surface area contributed by atoms with Crippen LogP contribution in [0.1, 0.15) is 5.56 Å². The molecule has 1 heterocycles. The summed E-state index contributed by atoms with van der Waals surface area (Å²) in [5.41, 5.74) is 3.77. The number of anilines is 1. The number of hydrogen-bond donors (Lipinski definition) is 1. The Morgan fingerprint density at radius 1 is 0.824 bits per heavy atom. The largest absolute Gasteiger partial charge is 0.319 e. The van der Waals surface area contributed by atoms with Crippen LogP contribution in [0, 0.1) is 11.6 Å². The van der Waals surface area contributed by atoms with Crippen molar-refractivity contribution in [2.24, 2.45) is 0 Å². The summed E-state index contributed by atoms with van der Waals surface area (Å²) in [6.45, 7) is 0.577. The Hall–Kier alpha value is -4.04. The smallest absolute Gasteiger partial charge is 0.264 e. The molecule has 5 rings (SSSR count). The summed E-state index contributed by atoms with van der Waals surface area (Å²) in [7, 11) is -4.26. The van der Waals surface area contributed by atoms with Crippen LogP contribution >= 0.6 is 0 Å². The second kappa shape index (κ2) is 8.72. The third-order valence-corrected chi connectivity index (χ3v) is 6.81. The van der Waals surface area contributed by atoms with E-state index < -0.39 is 26.6 Å². The van der Waals surface area contributed by atoms with Gasteiger partial charge in [0.05, 0.1) is 11.0 Å². The Morgan fingerprint density at radius 2 is 1.59 bits per heavy atom. The highest BCUT2D eigenvalue weighted by Gasteiger charge is 2.20. The highest BCUT2D eigenvalue weighted by Crippen LogP contribution is 2.29. The van der Waals surface area contributed by atoms with Gasteiger partial charge in [-0.05, 0) is 42.0 Å². The maximum Gasteiger partial charge on any atom is 0.264 e. The number of rotatable bonds is 6. The highest BCUT2D eigenvalue weighted by atomic mass is 32.2. The van der Waals surface area contributed by atoms with Crippen LogP contribution in [0.15, 0.2) is 102 Å². The van der Waals surface area contributed by atoms with Gasteiger partial charge in [0.1, 0.15) is 22.4 Å². The van der Waals surface area contributed by atoms with E-state index in [-0.39, 0.29) is 5.69 Å². The Balaban J connectivity index is 1.55. The van der Waals surface area contributed by atoms with Crippen LogP contribution in [0.2, 0.25) is 0 Å². The van der Waals surface area contributed by atoms with Gasteiger partial charge in [-0.1, -0.05) is 54.6 Å². The summed E-state index contributed by atoms with van der Waals surface area (Å²) in [5.74, 6) is -1.34. The summed E-state index contributed by atoms with van der Waals surface area (Å²) in [6, 6.07) is 26.8. The number of hydrogen-bond acceptors (Lipinski definition) is 3. The van der Waals surface area contributed by atoms with Crippen LogP contribution in [0.25, 0.3) is 22.4 Å². The lowest BCUT2D eigenvalue weighted by molar-refractivity contribution is 0.551. The molecule has 0 fully saturated rings. The second-order valence-corrected chi connectivity index (χ2v) is 9.41. The van der Waals surface area contributed by atoms with Crippen LogP contribution < -0.4 is 4.72 Å². The van der Waals surface area contributed by atoms with Gasteiger partial charge in [-0.15, -0.1) is 0 Å². The summed E-state index contributed by atoms with van der Waals surface area (Å²) in [4.78, 5) is 4.15. The number of para-hydroxylation sites is 2. The fraction of sp³-hybridized carbons (Fsp3) is 0.0385. The topological polar surface area (TPSA) is 64.0 Å². The van der Waals surface area contributed by atoms with E-state index in [1.54, 1.807) is 18.2 Å². The van der Waals surface area contributed by atoms with Crippen molar-refractivity contribution >= 4 is 26.7 Å². The van der Waals surface area contributed by atoms with Crippen LogP contribution in [0.3, 0.4) is 0 Å². The zero-order chi connectivity index (χ0) is 23.7. The Kier molecular flexibility index (Phi) is 5.59. The van der Waals surface area contributed by atoms with Gasteiger partial charge in [-0.25, -0.2) is 22.2 Å². The molecular weight excluding hydrogens is 456 g/mol. The van der Waals surface area contributed by atoms with Crippen molar-refractivity contribution in [2.45, 2.75) is 11.4 Å². The number of halogens is 2. The Morgan fingerprint density at radius 3 is 2.38 bits per heavy atom. The predicted octanol–water partition coefficient (Wildman–Crippen LogP) is 5.83. The lowest BCUT2D eigenvalue weighted by Crippen LogP contribution is -2.14. The molecule has 4 aromatic carbocycles. The van der Waals surface area contributed by atoms with Gasteiger partial charge in [0, 0.05) is 23.9 Å². The average molecular weight is 476 g/mol. The maximum atomic E-state index is 14.1. The molecule has 0 aliphatic heterocycles. The van der Waals surface area contributed by atoms with Crippen LogP contribution in [0.4, 0.5) is 14.5 Å². The first-order valence-electron chi connectivity index (χ1n) is 10.5. The van der Waals surface area contributed by atoms with E-state index in [2.05, 4.69) is 9.29 Å². The number of aromatic nitrogens is 2. The number of nitrogens with one attached hydrogen (secondary N) is 1. The average Bonchev–Trinajstić information content (AvgIpc) is 3.18. The second-order valence-electron chi connectivity index (χ2n) is 7.76. The zero-order valence-corrected chi connectivity index (χ0v) is 18.6. The van der Waals surface area contributed by atoms with E-state index in [0.717, 1.165) is 28.7 Å². The first kappa shape index (κ1) is 21.8. The van der Waals surface area contributed by atoms with Crippen molar-refractivity contribution in [1.29, 1.82) is 0 Å². The lowest BCUT2D eigenvalue weighted by Gasteiger charge is -2.12. The van der Waals surface area contributed by atoms with Crippen LogP contribution in [-0.4, -0.2) is 18.0 Å². The molecule has 0 atom stereocenters. The zero-order valence-electron chi connectivity index (χ0n) is 17.8. The number of sulfonamides is 1. The molecule has 1 aromatic heterocycles. The minimum absolute atomic E-state index is 0.236. The standard InChI is InChI=1S/C26H19F2N3O2S/c27-20-13-14-25(22(28)16-20)34(32,33)30-21-10-6-9-19(15-21)26-29-23-11-4-5-12-24(23)31(26)17-18-7-2-1-3-8-18/h1-16,30H,17H2. The molecule has 0 unspecified atom stereocenters. The molecule has 5 aromatic rings. The van der Waals surface area contributed by atoms with E-state index >= 15 is 0 Å². The monoisotopic (exact) mass is 475 g/mol. The molecule has 170 valence electrons. The molecule has 0 bridgehead atoms. The van der Waals surface area contributed by atoms with E-state index in [1.165, 1.54) is 0 Å². The molecule has 0 aliphatic rings. The number of benzene rings is 4. The van der Waals surface area contributed by atoms with Gasteiger partial charge in [0.2, 0.25) is 0 Å². The van der Waals surface area contributed by atoms with Gasteiger partial charge in [-0.3, -0.25) is 4.72 Å². The fourth-order valence-electron chi connectivity index (χ4n) is 3.85. The summed E-state index contributed by atoms with van der Waals surface area (Å²) in [6.07, 6.45) is 0. The molecular formula is C26H19F2N3O2S. The summed E-state index contributed by atoms with van der Waals surface area (Å²) >= 11 is 0. The molecule has 0 spiro atoms. The van der Waals surface area contributed by atoms with Crippen molar-refractivity contribution in [3.8, 4) is 11.4 Å². The molecule has 0 aliphatic carbocycles.